The average molecular weight is 329 g/mol. The number of alkyl halides is 1. The molecular weight excluding hydrogens is 321 g/mol. The molecule has 1 unspecified atom stereocenters. The fourth-order valence-electron chi connectivity index (χ4n) is 2.01. The molecule has 0 aliphatic rings. The lowest BCUT2D eigenvalue weighted by molar-refractivity contribution is 0.555. The molecule has 0 saturated carbocycles. The van der Waals surface area contributed by atoms with E-state index < -0.39 is 11.1 Å². The highest BCUT2D eigenvalue weighted by molar-refractivity contribution is 6.36. The normalized spacial score (nSPS) is 12.8. The molecule has 0 aliphatic heterocycles. The Morgan fingerprint density at radius 1 is 1.10 bits per heavy atom. The van der Waals surface area contributed by atoms with Crippen molar-refractivity contribution >= 4 is 45.9 Å². The first-order valence-corrected chi connectivity index (χ1v) is 6.95. The Morgan fingerprint density at radius 2 is 1.90 bits per heavy atom. The predicted molar refractivity (Wildman–Crippen MR) is 81.0 cm³/mol. The van der Waals surface area contributed by atoms with Crippen LogP contribution in [0.4, 0.5) is 0 Å². The Kier molecular flexibility index (Phi) is 3.50. The van der Waals surface area contributed by atoms with E-state index in [1.54, 1.807) is 30.3 Å². The molecule has 20 heavy (non-hydrogen) atoms. The van der Waals surface area contributed by atoms with Gasteiger partial charge in [-0.1, -0.05) is 35.3 Å². The largest absolute Gasteiger partial charge is 0.417 e. The minimum Gasteiger partial charge on any atom is -0.408 e. The van der Waals surface area contributed by atoms with E-state index in [1.165, 1.54) is 0 Å². The van der Waals surface area contributed by atoms with E-state index >= 15 is 0 Å². The van der Waals surface area contributed by atoms with Gasteiger partial charge in [-0.15, -0.1) is 11.6 Å². The summed E-state index contributed by atoms with van der Waals surface area (Å²) >= 11 is 18.5. The summed E-state index contributed by atoms with van der Waals surface area (Å²) in [6.45, 7) is 0. The third-order valence-electron chi connectivity index (χ3n) is 2.97. The molecule has 3 aromatic rings. The summed E-state index contributed by atoms with van der Waals surface area (Å²) < 4.78 is 5.02. The molecule has 0 radical (unpaired) electrons. The van der Waals surface area contributed by atoms with Gasteiger partial charge in [0, 0.05) is 10.0 Å². The zero-order valence-corrected chi connectivity index (χ0v) is 12.3. The van der Waals surface area contributed by atoms with Gasteiger partial charge in [-0.2, -0.15) is 0 Å². The lowest BCUT2D eigenvalue weighted by atomic mass is 10.0. The van der Waals surface area contributed by atoms with Gasteiger partial charge < -0.3 is 4.42 Å². The standard InChI is InChI=1S/C14H8Cl3NO2/c15-8-2-3-9(10(16)6-8)13(17)7-1-4-11-12(5-7)20-14(19)18-11/h1-6,13H,(H,18,19). The maximum atomic E-state index is 11.1. The Bertz CT molecular complexity index is 838. The van der Waals surface area contributed by atoms with E-state index in [-0.39, 0.29) is 0 Å². The van der Waals surface area contributed by atoms with Crippen molar-refractivity contribution < 1.29 is 4.42 Å². The van der Waals surface area contributed by atoms with Crippen LogP contribution in [-0.2, 0) is 0 Å². The Morgan fingerprint density at radius 3 is 2.65 bits per heavy atom. The second-order valence-electron chi connectivity index (χ2n) is 4.30. The van der Waals surface area contributed by atoms with E-state index in [0.29, 0.717) is 21.1 Å². The van der Waals surface area contributed by atoms with E-state index in [9.17, 15) is 4.79 Å². The second-order valence-corrected chi connectivity index (χ2v) is 5.58. The lowest BCUT2D eigenvalue weighted by Gasteiger charge is -2.12. The number of benzene rings is 2. The summed E-state index contributed by atoms with van der Waals surface area (Å²) in [5.41, 5.74) is 2.62. The van der Waals surface area contributed by atoms with Crippen LogP contribution in [0, 0.1) is 0 Å². The van der Waals surface area contributed by atoms with Crippen LogP contribution in [0.25, 0.3) is 11.1 Å². The number of aromatic nitrogens is 1. The van der Waals surface area contributed by atoms with Crippen molar-refractivity contribution in [3.05, 3.63) is 68.1 Å². The first-order valence-electron chi connectivity index (χ1n) is 5.76. The number of H-pyrrole nitrogens is 1. The smallest absolute Gasteiger partial charge is 0.408 e. The molecule has 3 rings (SSSR count). The summed E-state index contributed by atoms with van der Waals surface area (Å²) in [6.07, 6.45) is 0. The van der Waals surface area contributed by atoms with Gasteiger partial charge in [0.15, 0.2) is 5.58 Å². The van der Waals surface area contributed by atoms with Crippen LogP contribution in [0.2, 0.25) is 10.0 Å². The number of nitrogens with one attached hydrogen (secondary N) is 1. The van der Waals surface area contributed by atoms with Crippen molar-refractivity contribution in [2.45, 2.75) is 5.38 Å². The van der Waals surface area contributed by atoms with Crippen LogP contribution in [0.5, 0.6) is 0 Å². The molecule has 0 bridgehead atoms. The SMILES string of the molecule is O=c1[nH]c2ccc(C(Cl)c3ccc(Cl)cc3Cl)cc2o1. The van der Waals surface area contributed by atoms with Crippen LogP contribution in [0.15, 0.2) is 45.6 Å². The highest BCUT2D eigenvalue weighted by atomic mass is 35.5. The molecule has 1 heterocycles. The molecule has 0 amide bonds. The average Bonchev–Trinajstić information content (AvgIpc) is 2.77. The van der Waals surface area contributed by atoms with Crippen molar-refractivity contribution in [1.82, 2.24) is 4.98 Å². The van der Waals surface area contributed by atoms with Crippen molar-refractivity contribution in [1.29, 1.82) is 0 Å². The molecular formula is C14H8Cl3NO2. The number of aromatic amines is 1. The summed E-state index contributed by atoms with van der Waals surface area (Å²) in [6, 6.07) is 10.4. The summed E-state index contributed by atoms with van der Waals surface area (Å²) in [4.78, 5) is 13.7. The summed E-state index contributed by atoms with van der Waals surface area (Å²) in [5.74, 6) is -0.493. The van der Waals surface area contributed by atoms with Crippen molar-refractivity contribution in [2.24, 2.45) is 0 Å². The Balaban J connectivity index is 2.06. The Hall–Kier alpha value is -1.42. The zero-order chi connectivity index (χ0) is 14.3. The van der Waals surface area contributed by atoms with Gasteiger partial charge in [0.1, 0.15) is 0 Å². The molecule has 6 heteroatoms. The van der Waals surface area contributed by atoms with E-state index in [1.807, 2.05) is 6.07 Å². The van der Waals surface area contributed by atoms with Gasteiger partial charge in [-0.3, -0.25) is 4.98 Å². The monoisotopic (exact) mass is 327 g/mol. The highest BCUT2D eigenvalue weighted by Crippen LogP contribution is 2.35. The number of oxazole rings is 1. The first-order chi connectivity index (χ1) is 9.54. The van der Waals surface area contributed by atoms with Crippen molar-refractivity contribution in [3.63, 3.8) is 0 Å². The van der Waals surface area contributed by atoms with Crippen LogP contribution in [-0.4, -0.2) is 4.98 Å². The van der Waals surface area contributed by atoms with E-state index in [2.05, 4.69) is 4.98 Å². The second kappa shape index (κ2) is 5.17. The van der Waals surface area contributed by atoms with E-state index in [4.69, 9.17) is 39.2 Å². The highest BCUT2D eigenvalue weighted by Gasteiger charge is 2.16. The molecule has 1 atom stereocenters. The maximum absolute atomic E-state index is 11.1. The molecule has 0 saturated heterocycles. The molecule has 0 spiro atoms. The first kappa shape index (κ1) is 13.6. The van der Waals surface area contributed by atoms with Crippen LogP contribution >= 0.6 is 34.8 Å². The van der Waals surface area contributed by atoms with Crippen LogP contribution < -0.4 is 5.76 Å². The maximum Gasteiger partial charge on any atom is 0.417 e. The molecule has 1 N–H and O–H groups in total. The molecule has 102 valence electrons. The predicted octanol–water partition coefficient (Wildman–Crippen LogP) is 4.76. The number of fused-ring (bicyclic) bond motifs is 1. The molecule has 1 aromatic heterocycles. The van der Waals surface area contributed by atoms with Gasteiger partial charge >= 0.3 is 5.76 Å². The number of halogens is 3. The fourth-order valence-corrected chi connectivity index (χ4v) is 2.91. The number of hydrogen-bond donors (Lipinski definition) is 1. The van der Waals surface area contributed by atoms with Crippen molar-refractivity contribution in [2.75, 3.05) is 0 Å². The third kappa shape index (κ3) is 2.44. The molecule has 3 nitrogen and oxygen atoms in total. The molecule has 2 aromatic carbocycles. The Labute approximate surface area is 129 Å². The summed E-state index contributed by atoms with van der Waals surface area (Å²) in [5, 5.41) is 0.590. The molecule has 0 fully saturated rings. The number of hydrogen-bond acceptors (Lipinski definition) is 2. The van der Waals surface area contributed by atoms with E-state index in [0.717, 1.165) is 11.1 Å². The topological polar surface area (TPSA) is 46.0 Å². The van der Waals surface area contributed by atoms with Crippen LogP contribution in [0.1, 0.15) is 16.5 Å². The van der Waals surface area contributed by atoms with Crippen molar-refractivity contribution in [3.8, 4) is 0 Å². The quantitative estimate of drug-likeness (QED) is 0.690. The summed E-state index contributed by atoms with van der Waals surface area (Å²) in [7, 11) is 0. The fraction of sp³-hybridized carbons (Fsp3) is 0.0714. The third-order valence-corrected chi connectivity index (χ3v) is 4.02. The zero-order valence-electron chi connectivity index (χ0n) is 9.99. The van der Waals surface area contributed by atoms with Gasteiger partial charge in [0.2, 0.25) is 0 Å². The molecule has 0 aliphatic carbocycles. The minimum absolute atomic E-state index is 0.454. The van der Waals surface area contributed by atoms with Gasteiger partial charge in [0.25, 0.3) is 0 Å². The van der Waals surface area contributed by atoms with Gasteiger partial charge in [-0.05, 0) is 35.4 Å². The van der Waals surface area contributed by atoms with Crippen LogP contribution in [0.3, 0.4) is 0 Å². The lowest BCUT2D eigenvalue weighted by Crippen LogP contribution is -1.94. The van der Waals surface area contributed by atoms with Gasteiger partial charge in [-0.25, -0.2) is 4.79 Å². The minimum atomic E-state index is -0.493. The number of rotatable bonds is 2. The van der Waals surface area contributed by atoms with Gasteiger partial charge in [0.05, 0.1) is 10.9 Å².